The number of pyridine rings is 1. The van der Waals surface area contributed by atoms with Gasteiger partial charge in [0.2, 0.25) is 11.5 Å². The second kappa shape index (κ2) is 8.31. The zero-order valence-corrected chi connectivity index (χ0v) is 17.3. The summed E-state index contributed by atoms with van der Waals surface area (Å²) in [7, 11) is 8.42. The molecule has 7 heteroatoms. The van der Waals surface area contributed by atoms with Gasteiger partial charge in [0.15, 0.2) is 11.5 Å². The summed E-state index contributed by atoms with van der Waals surface area (Å²) in [4.78, 5) is 21.2. The first-order valence-electron chi connectivity index (χ1n) is 8.57. The molecule has 0 saturated carbocycles. The Morgan fingerprint density at radius 2 is 1.68 bits per heavy atom. The normalized spacial score (nSPS) is 10.5. The van der Waals surface area contributed by atoms with Crippen molar-refractivity contribution in [3.05, 3.63) is 53.0 Å². The molecule has 1 aromatic carbocycles. The van der Waals surface area contributed by atoms with E-state index in [9.17, 15) is 4.79 Å². The summed E-state index contributed by atoms with van der Waals surface area (Å²) in [6.45, 7) is 0. The summed E-state index contributed by atoms with van der Waals surface area (Å²) in [5.41, 5.74) is 2.14. The number of carbonyl (C=O) groups is 1. The van der Waals surface area contributed by atoms with Crippen molar-refractivity contribution in [3.8, 4) is 27.8 Å². The highest BCUT2D eigenvalue weighted by Gasteiger charge is 2.23. The van der Waals surface area contributed by atoms with Crippen molar-refractivity contribution in [1.29, 1.82) is 0 Å². The number of anilines is 1. The minimum Gasteiger partial charge on any atom is -0.493 e. The number of rotatable bonds is 7. The van der Waals surface area contributed by atoms with Gasteiger partial charge in [-0.15, -0.1) is 11.3 Å². The van der Waals surface area contributed by atoms with E-state index in [4.69, 9.17) is 14.2 Å². The van der Waals surface area contributed by atoms with Crippen molar-refractivity contribution in [2.24, 2.45) is 0 Å². The van der Waals surface area contributed by atoms with Crippen LogP contribution in [0, 0.1) is 0 Å². The maximum Gasteiger partial charge on any atom is 0.205 e. The number of hydrogen-bond donors (Lipinski definition) is 0. The Kier molecular flexibility index (Phi) is 5.84. The number of carbonyl (C=O) groups excluding carboxylic acids is 1. The van der Waals surface area contributed by atoms with E-state index < -0.39 is 0 Å². The molecule has 3 rings (SSSR count). The van der Waals surface area contributed by atoms with Crippen LogP contribution in [-0.2, 0) is 0 Å². The van der Waals surface area contributed by atoms with Crippen LogP contribution in [0.2, 0.25) is 0 Å². The molecule has 0 aliphatic heterocycles. The van der Waals surface area contributed by atoms with E-state index in [0.29, 0.717) is 27.7 Å². The molecular weight excluding hydrogens is 376 g/mol. The van der Waals surface area contributed by atoms with Gasteiger partial charge in [0.1, 0.15) is 0 Å². The maximum atomic E-state index is 13.4. The number of methoxy groups -OCH3 is 3. The smallest absolute Gasteiger partial charge is 0.205 e. The van der Waals surface area contributed by atoms with E-state index in [1.165, 1.54) is 32.7 Å². The second-order valence-corrected chi connectivity index (χ2v) is 7.23. The van der Waals surface area contributed by atoms with Crippen LogP contribution in [0.15, 0.2) is 42.6 Å². The third-order valence-corrected chi connectivity index (χ3v) is 5.39. The average molecular weight is 398 g/mol. The van der Waals surface area contributed by atoms with Crippen molar-refractivity contribution in [2.75, 3.05) is 40.3 Å². The molecule has 2 aromatic heterocycles. The van der Waals surface area contributed by atoms with Crippen LogP contribution >= 0.6 is 11.3 Å². The van der Waals surface area contributed by atoms with Gasteiger partial charge in [0.25, 0.3) is 0 Å². The van der Waals surface area contributed by atoms with E-state index in [-0.39, 0.29) is 5.78 Å². The van der Waals surface area contributed by atoms with Crippen LogP contribution in [-0.4, -0.2) is 46.2 Å². The van der Waals surface area contributed by atoms with Crippen LogP contribution in [0.4, 0.5) is 5.69 Å². The van der Waals surface area contributed by atoms with Crippen molar-refractivity contribution in [2.45, 2.75) is 0 Å². The number of hydrogen-bond acceptors (Lipinski definition) is 7. The predicted octanol–water partition coefficient (Wildman–Crippen LogP) is 4.13. The fourth-order valence-electron chi connectivity index (χ4n) is 2.85. The Labute approximate surface area is 168 Å². The zero-order chi connectivity index (χ0) is 20.3. The Balaban J connectivity index is 2.11. The van der Waals surface area contributed by atoms with Gasteiger partial charge in [-0.2, -0.15) is 0 Å². The van der Waals surface area contributed by atoms with Crippen LogP contribution < -0.4 is 19.1 Å². The largest absolute Gasteiger partial charge is 0.493 e. The zero-order valence-electron chi connectivity index (χ0n) is 16.5. The van der Waals surface area contributed by atoms with E-state index >= 15 is 0 Å². The van der Waals surface area contributed by atoms with Crippen LogP contribution in [0.3, 0.4) is 0 Å². The van der Waals surface area contributed by atoms with Crippen molar-refractivity contribution in [1.82, 2.24) is 4.98 Å². The average Bonchev–Trinajstić information content (AvgIpc) is 3.18. The molecule has 0 aliphatic rings. The maximum absolute atomic E-state index is 13.4. The van der Waals surface area contributed by atoms with Gasteiger partial charge in [-0.05, 0) is 30.3 Å². The fraction of sp³-hybridized carbons (Fsp3) is 0.238. The summed E-state index contributed by atoms with van der Waals surface area (Å²) in [6, 6.07) is 11.0. The number of benzene rings is 1. The summed E-state index contributed by atoms with van der Waals surface area (Å²) in [5.74, 6) is 1.22. The first-order valence-corrected chi connectivity index (χ1v) is 9.39. The van der Waals surface area contributed by atoms with E-state index in [1.807, 2.05) is 43.3 Å². The molecule has 0 spiro atoms. The number of nitrogens with zero attached hydrogens (tertiary/aromatic N) is 2. The molecule has 0 bridgehead atoms. The van der Waals surface area contributed by atoms with E-state index in [1.54, 1.807) is 18.3 Å². The molecule has 0 radical (unpaired) electrons. The van der Waals surface area contributed by atoms with E-state index in [0.717, 1.165) is 16.3 Å². The Morgan fingerprint density at radius 3 is 2.18 bits per heavy atom. The van der Waals surface area contributed by atoms with Crippen LogP contribution in [0.25, 0.3) is 10.6 Å². The summed E-state index contributed by atoms with van der Waals surface area (Å²) in [5, 5.41) is 0. The van der Waals surface area contributed by atoms with Gasteiger partial charge in [-0.25, -0.2) is 0 Å². The predicted molar refractivity (Wildman–Crippen MR) is 111 cm³/mol. The minimum absolute atomic E-state index is 0.116. The third kappa shape index (κ3) is 3.66. The van der Waals surface area contributed by atoms with Gasteiger partial charge in [0.05, 0.1) is 42.5 Å². The third-order valence-electron chi connectivity index (χ3n) is 4.24. The molecule has 146 valence electrons. The topological polar surface area (TPSA) is 60.9 Å². The van der Waals surface area contributed by atoms with Gasteiger partial charge < -0.3 is 19.1 Å². The van der Waals surface area contributed by atoms with Gasteiger partial charge in [-0.1, -0.05) is 6.07 Å². The van der Waals surface area contributed by atoms with Gasteiger partial charge in [0, 0.05) is 25.9 Å². The van der Waals surface area contributed by atoms with Crippen molar-refractivity contribution >= 4 is 22.8 Å². The van der Waals surface area contributed by atoms with Crippen LogP contribution in [0.5, 0.6) is 17.2 Å². The quantitative estimate of drug-likeness (QED) is 0.558. The SMILES string of the molecule is COc1cc(C(=O)c2sc(-c3ccccn3)cc2N(C)C)cc(OC)c1OC. The molecular formula is C21H22N2O4S. The summed E-state index contributed by atoms with van der Waals surface area (Å²) >= 11 is 1.41. The van der Waals surface area contributed by atoms with Gasteiger partial charge >= 0.3 is 0 Å². The number of aromatic nitrogens is 1. The molecule has 0 fully saturated rings. The summed E-state index contributed by atoms with van der Waals surface area (Å²) < 4.78 is 16.1. The highest BCUT2D eigenvalue weighted by atomic mass is 32.1. The molecule has 0 unspecified atom stereocenters. The molecule has 0 saturated heterocycles. The summed E-state index contributed by atoms with van der Waals surface area (Å²) in [6.07, 6.45) is 1.74. The highest BCUT2D eigenvalue weighted by Crippen LogP contribution is 2.41. The molecule has 2 heterocycles. The number of thiophene rings is 1. The lowest BCUT2D eigenvalue weighted by molar-refractivity contribution is 0.104. The fourth-order valence-corrected chi connectivity index (χ4v) is 4.03. The van der Waals surface area contributed by atoms with E-state index in [2.05, 4.69) is 4.98 Å². The molecule has 0 N–H and O–H groups in total. The standard InChI is InChI=1S/C21H22N2O4S/c1-23(2)15-12-18(14-8-6-7-9-22-14)28-21(15)19(24)13-10-16(25-3)20(27-5)17(11-13)26-4/h6-12H,1-5H3. The minimum atomic E-state index is -0.116. The number of ether oxygens (including phenoxy) is 3. The lowest BCUT2D eigenvalue weighted by atomic mass is 10.1. The van der Waals surface area contributed by atoms with Crippen LogP contribution in [0.1, 0.15) is 15.2 Å². The first-order chi connectivity index (χ1) is 13.5. The highest BCUT2D eigenvalue weighted by molar-refractivity contribution is 7.18. The Morgan fingerprint density at radius 1 is 1.00 bits per heavy atom. The lowest BCUT2D eigenvalue weighted by Gasteiger charge is -2.15. The second-order valence-electron chi connectivity index (χ2n) is 6.18. The van der Waals surface area contributed by atoms with Crippen molar-refractivity contribution in [3.63, 3.8) is 0 Å². The Bertz CT molecular complexity index is 958. The Hall–Kier alpha value is -3.06. The van der Waals surface area contributed by atoms with Crippen molar-refractivity contribution < 1.29 is 19.0 Å². The number of ketones is 1. The molecule has 0 aliphatic carbocycles. The first kappa shape index (κ1) is 19.7. The molecule has 28 heavy (non-hydrogen) atoms. The lowest BCUT2D eigenvalue weighted by Crippen LogP contribution is -2.12. The molecule has 0 amide bonds. The monoisotopic (exact) mass is 398 g/mol. The molecule has 0 atom stereocenters. The molecule has 3 aromatic rings. The van der Waals surface area contributed by atoms with Gasteiger partial charge in [-0.3, -0.25) is 9.78 Å². The molecule has 6 nitrogen and oxygen atoms in total.